The minimum Gasteiger partial charge on any atom is -0.505 e. The van der Waals surface area contributed by atoms with Crippen LogP contribution in [0.2, 0.25) is 0 Å². The average molecular weight is 363 g/mol. The summed E-state index contributed by atoms with van der Waals surface area (Å²) in [5, 5.41) is 15.7. The summed E-state index contributed by atoms with van der Waals surface area (Å²) in [5.74, 6) is -1.24. The molecule has 0 unspecified atom stereocenters. The lowest BCUT2D eigenvalue weighted by atomic mass is 9.86. The maximum Gasteiger partial charge on any atom is 0.240 e. The zero-order chi connectivity index (χ0) is 18.9. The van der Waals surface area contributed by atoms with Gasteiger partial charge in [0.1, 0.15) is 5.54 Å². The summed E-state index contributed by atoms with van der Waals surface area (Å²) in [6.45, 7) is 6.56. The van der Waals surface area contributed by atoms with Crippen molar-refractivity contribution in [3.8, 4) is 5.75 Å². The topological polar surface area (TPSA) is 81.7 Å². The molecule has 7 heteroatoms. The Morgan fingerprint density at radius 1 is 1.27 bits per heavy atom. The second-order valence-electron chi connectivity index (χ2n) is 8.13. The highest BCUT2D eigenvalue weighted by Gasteiger charge is 2.44. The lowest BCUT2D eigenvalue weighted by molar-refractivity contribution is -0.136. The lowest BCUT2D eigenvalue weighted by Crippen LogP contribution is -2.61. The minimum atomic E-state index is -0.727. The molecule has 0 atom stereocenters. The summed E-state index contributed by atoms with van der Waals surface area (Å²) >= 11 is 0. The summed E-state index contributed by atoms with van der Waals surface area (Å²) in [5.41, 5.74) is -0.0952. The van der Waals surface area contributed by atoms with Crippen molar-refractivity contribution < 1.29 is 19.1 Å². The van der Waals surface area contributed by atoms with Gasteiger partial charge in [-0.1, -0.05) is 19.9 Å². The summed E-state index contributed by atoms with van der Waals surface area (Å²) in [6.07, 6.45) is 1.20. The van der Waals surface area contributed by atoms with Crippen LogP contribution in [0.3, 0.4) is 0 Å². The summed E-state index contributed by atoms with van der Waals surface area (Å²) in [7, 11) is 0. The van der Waals surface area contributed by atoms with Crippen LogP contribution in [0.4, 0.5) is 4.39 Å². The van der Waals surface area contributed by atoms with E-state index in [1.165, 1.54) is 12.1 Å². The number of phenolic OH excluding ortho intramolecular Hbond substituents is 1. The smallest absolute Gasteiger partial charge is 0.240 e. The van der Waals surface area contributed by atoms with Crippen LogP contribution < -0.4 is 10.6 Å². The van der Waals surface area contributed by atoms with Gasteiger partial charge in [-0.05, 0) is 36.0 Å². The molecule has 1 spiro atoms. The largest absolute Gasteiger partial charge is 0.505 e. The maximum atomic E-state index is 13.4. The number of piperidine rings is 1. The summed E-state index contributed by atoms with van der Waals surface area (Å²) < 4.78 is 13.4. The van der Waals surface area contributed by atoms with Crippen LogP contribution in [0, 0.1) is 11.2 Å². The Morgan fingerprint density at radius 2 is 1.96 bits per heavy atom. The number of rotatable bonds is 2. The molecule has 2 amide bonds. The number of halogens is 1. The van der Waals surface area contributed by atoms with Gasteiger partial charge in [-0.3, -0.25) is 9.59 Å². The van der Waals surface area contributed by atoms with E-state index in [4.69, 9.17) is 0 Å². The molecule has 0 saturated carbocycles. The molecule has 26 heavy (non-hydrogen) atoms. The van der Waals surface area contributed by atoms with E-state index >= 15 is 0 Å². The van der Waals surface area contributed by atoms with Gasteiger partial charge in [0.05, 0.1) is 6.42 Å². The molecular weight excluding hydrogens is 337 g/mol. The molecule has 1 aromatic rings. The fourth-order valence-corrected chi connectivity index (χ4v) is 3.53. The van der Waals surface area contributed by atoms with Gasteiger partial charge in [0.15, 0.2) is 11.6 Å². The Bertz CT molecular complexity index is 712. The zero-order valence-corrected chi connectivity index (χ0v) is 15.3. The van der Waals surface area contributed by atoms with E-state index in [1.807, 2.05) is 0 Å². The van der Waals surface area contributed by atoms with Crippen molar-refractivity contribution in [1.29, 1.82) is 0 Å². The third kappa shape index (κ3) is 3.82. The summed E-state index contributed by atoms with van der Waals surface area (Å²) in [6, 6.07) is 3.98. The first kappa shape index (κ1) is 18.6. The molecule has 1 aromatic carbocycles. The van der Waals surface area contributed by atoms with Gasteiger partial charge in [0.25, 0.3) is 0 Å². The fraction of sp³-hybridized carbons (Fsp3) is 0.579. The van der Waals surface area contributed by atoms with E-state index in [-0.39, 0.29) is 23.7 Å². The molecule has 142 valence electrons. The van der Waals surface area contributed by atoms with Gasteiger partial charge in [0.2, 0.25) is 11.8 Å². The van der Waals surface area contributed by atoms with Crippen molar-refractivity contribution in [2.75, 3.05) is 26.2 Å². The second-order valence-corrected chi connectivity index (χ2v) is 8.13. The first-order chi connectivity index (χ1) is 12.2. The van der Waals surface area contributed by atoms with Crippen LogP contribution >= 0.6 is 0 Å². The van der Waals surface area contributed by atoms with Crippen molar-refractivity contribution in [2.24, 2.45) is 5.41 Å². The van der Waals surface area contributed by atoms with E-state index in [9.17, 15) is 19.1 Å². The number of nitrogens with zero attached hydrogens (tertiary/aromatic N) is 1. The van der Waals surface area contributed by atoms with Gasteiger partial charge in [-0.15, -0.1) is 0 Å². The molecule has 2 aliphatic heterocycles. The van der Waals surface area contributed by atoms with Gasteiger partial charge in [0, 0.05) is 26.2 Å². The number of aromatic hydroxyl groups is 1. The molecule has 2 aliphatic rings. The van der Waals surface area contributed by atoms with E-state index in [2.05, 4.69) is 24.5 Å². The molecule has 6 nitrogen and oxygen atoms in total. The van der Waals surface area contributed by atoms with E-state index in [0.717, 1.165) is 6.54 Å². The Labute approximate surface area is 152 Å². The highest BCUT2D eigenvalue weighted by molar-refractivity contribution is 5.87. The van der Waals surface area contributed by atoms with Crippen molar-refractivity contribution in [1.82, 2.24) is 15.5 Å². The van der Waals surface area contributed by atoms with Gasteiger partial charge < -0.3 is 20.6 Å². The Kier molecular flexibility index (Phi) is 4.92. The first-order valence-corrected chi connectivity index (χ1v) is 8.99. The van der Waals surface area contributed by atoms with Crippen LogP contribution in [0.15, 0.2) is 18.2 Å². The van der Waals surface area contributed by atoms with Crippen LogP contribution in [0.1, 0.15) is 32.3 Å². The first-order valence-electron chi connectivity index (χ1n) is 8.99. The van der Waals surface area contributed by atoms with Gasteiger partial charge in [-0.25, -0.2) is 4.39 Å². The SMILES string of the molecule is CC1(C)CNC(=O)C2(CCN(C(=O)Cc3ccc(O)c(F)c3)CC2)NC1. The van der Waals surface area contributed by atoms with E-state index < -0.39 is 17.1 Å². The quantitative estimate of drug-likeness (QED) is 0.737. The third-order valence-electron chi connectivity index (χ3n) is 5.40. The lowest BCUT2D eigenvalue weighted by Gasteiger charge is -2.40. The van der Waals surface area contributed by atoms with Crippen LogP contribution in [-0.4, -0.2) is 53.5 Å². The van der Waals surface area contributed by atoms with E-state index in [1.54, 1.807) is 11.0 Å². The number of nitrogens with one attached hydrogen (secondary N) is 2. The third-order valence-corrected chi connectivity index (χ3v) is 5.40. The molecule has 2 saturated heterocycles. The minimum absolute atomic E-state index is 0.00491. The molecule has 0 aliphatic carbocycles. The average Bonchev–Trinajstić information content (AvgIpc) is 2.71. The molecule has 0 radical (unpaired) electrons. The molecule has 3 N–H and O–H groups in total. The molecule has 0 bridgehead atoms. The molecule has 2 fully saturated rings. The van der Waals surface area contributed by atoms with Crippen molar-refractivity contribution >= 4 is 11.8 Å². The van der Waals surface area contributed by atoms with Gasteiger partial charge in [-0.2, -0.15) is 0 Å². The number of likely N-dealkylation sites (tertiary alicyclic amines) is 1. The highest BCUT2D eigenvalue weighted by Crippen LogP contribution is 2.28. The second kappa shape index (κ2) is 6.87. The van der Waals surface area contributed by atoms with Crippen LogP contribution in [0.5, 0.6) is 5.75 Å². The Balaban J connectivity index is 1.61. The zero-order valence-electron chi connectivity index (χ0n) is 15.3. The molecular formula is C19H26FN3O3. The van der Waals surface area contributed by atoms with Crippen molar-refractivity contribution in [3.63, 3.8) is 0 Å². The molecule has 0 aromatic heterocycles. The maximum absolute atomic E-state index is 13.4. The highest BCUT2D eigenvalue weighted by atomic mass is 19.1. The molecule has 2 heterocycles. The predicted molar refractivity (Wildman–Crippen MR) is 95.1 cm³/mol. The van der Waals surface area contributed by atoms with Crippen molar-refractivity contribution in [2.45, 2.75) is 38.6 Å². The summed E-state index contributed by atoms with van der Waals surface area (Å²) in [4.78, 5) is 26.8. The number of amides is 2. The number of phenols is 1. The van der Waals surface area contributed by atoms with E-state index in [0.29, 0.717) is 38.0 Å². The normalized spacial score (nSPS) is 22.0. The number of carbonyl (C=O) groups excluding carboxylic acids is 2. The number of benzene rings is 1. The Hall–Kier alpha value is -2.15. The predicted octanol–water partition coefficient (Wildman–Crippen LogP) is 1.18. The van der Waals surface area contributed by atoms with Gasteiger partial charge >= 0.3 is 0 Å². The standard InChI is InChI=1S/C19H26FN3O3/c1-18(2)11-21-17(26)19(22-12-18)5-7-23(8-6-19)16(25)10-13-3-4-15(24)14(20)9-13/h3-4,9,22,24H,5-8,10-12H2,1-2H3,(H,21,26). The fourth-order valence-electron chi connectivity index (χ4n) is 3.53. The number of hydrogen-bond acceptors (Lipinski definition) is 4. The molecule has 3 rings (SSSR count). The Morgan fingerprint density at radius 3 is 2.62 bits per heavy atom. The number of carbonyl (C=O) groups is 2. The number of hydrogen-bond donors (Lipinski definition) is 3. The van der Waals surface area contributed by atoms with Crippen LogP contribution in [0.25, 0.3) is 0 Å². The van der Waals surface area contributed by atoms with Crippen molar-refractivity contribution in [3.05, 3.63) is 29.6 Å². The monoisotopic (exact) mass is 363 g/mol. The van der Waals surface area contributed by atoms with Crippen LogP contribution in [-0.2, 0) is 16.0 Å².